The van der Waals surface area contributed by atoms with Gasteiger partial charge in [0.2, 0.25) is 17.7 Å². The molecular formula is C19H24FN3O4. The average molecular weight is 377 g/mol. The Hall–Kier alpha value is -2.77. The van der Waals surface area contributed by atoms with Crippen molar-refractivity contribution in [2.24, 2.45) is 11.7 Å². The summed E-state index contributed by atoms with van der Waals surface area (Å²) in [5, 5.41) is 5.02. The van der Waals surface area contributed by atoms with E-state index in [1.54, 1.807) is 6.07 Å². The Labute approximate surface area is 156 Å². The maximum absolute atomic E-state index is 13.9. The second-order valence-corrected chi connectivity index (χ2v) is 6.83. The summed E-state index contributed by atoms with van der Waals surface area (Å²) in [5.74, 6) is -2.69. The van der Waals surface area contributed by atoms with Gasteiger partial charge in [0.25, 0.3) is 0 Å². The van der Waals surface area contributed by atoms with Crippen LogP contribution in [0.5, 0.6) is 0 Å². The average Bonchev–Trinajstić information content (AvgIpc) is 2.60. The fraction of sp³-hybridized carbons (Fsp3) is 0.474. The van der Waals surface area contributed by atoms with Crippen molar-refractivity contribution in [1.82, 2.24) is 10.6 Å². The molecule has 1 aliphatic rings. The third-order valence-electron chi connectivity index (χ3n) is 4.67. The van der Waals surface area contributed by atoms with Gasteiger partial charge in [0.15, 0.2) is 0 Å². The van der Waals surface area contributed by atoms with E-state index >= 15 is 0 Å². The fourth-order valence-corrected chi connectivity index (χ4v) is 3.36. The lowest BCUT2D eigenvalue weighted by atomic mass is 9.82. The number of carbonyl (C=O) groups excluding carboxylic acids is 4. The molecule has 7 nitrogen and oxygen atoms in total. The van der Waals surface area contributed by atoms with Gasteiger partial charge in [-0.2, -0.15) is 0 Å². The minimum Gasteiger partial charge on any atom is -0.368 e. The largest absolute Gasteiger partial charge is 0.368 e. The maximum Gasteiger partial charge on any atom is 0.243 e. The van der Waals surface area contributed by atoms with Crippen molar-refractivity contribution in [1.29, 1.82) is 0 Å². The lowest BCUT2D eigenvalue weighted by Gasteiger charge is -2.29. The number of nitrogens with one attached hydrogen (secondary N) is 2. The lowest BCUT2D eigenvalue weighted by molar-refractivity contribution is -0.132. The third-order valence-corrected chi connectivity index (χ3v) is 4.67. The smallest absolute Gasteiger partial charge is 0.243 e. The summed E-state index contributed by atoms with van der Waals surface area (Å²) in [5.41, 5.74) is 5.69. The Bertz CT molecular complexity index is 737. The summed E-state index contributed by atoms with van der Waals surface area (Å²) in [6.45, 7) is 1.24. The van der Waals surface area contributed by atoms with Crippen molar-refractivity contribution >= 4 is 23.5 Å². The van der Waals surface area contributed by atoms with Gasteiger partial charge in [-0.1, -0.05) is 18.2 Å². The number of hydrogen-bond acceptors (Lipinski definition) is 4. The van der Waals surface area contributed by atoms with Gasteiger partial charge in [0.1, 0.15) is 23.7 Å². The number of rotatable bonds is 7. The standard InChI is InChI=1S/C19H24FN3O4/c1-11(24)22-16(10-12-5-2-3-8-15(12)20)19(27)23-17(18(21)26)13-6-4-7-14(25)9-13/h2-3,5,8,13,16-17H,4,6-7,9-10H2,1H3,(H2,21,26)(H,22,24)(H,23,27)/t13-,16-,17+/m1/s1. The molecule has 1 aromatic carbocycles. The number of ketones is 1. The van der Waals surface area contributed by atoms with Gasteiger partial charge in [0.05, 0.1) is 0 Å². The fourth-order valence-electron chi connectivity index (χ4n) is 3.36. The van der Waals surface area contributed by atoms with Gasteiger partial charge in [-0.25, -0.2) is 4.39 Å². The number of Topliss-reactive ketones (excluding diaryl/α,β-unsaturated/α-hetero) is 1. The molecular weight excluding hydrogens is 353 g/mol. The van der Waals surface area contributed by atoms with Crippen LogP contribution < -0.4 is 16.4 Å². The van der Waals surface area contributed by atoms with E-state index in [1.807, 2.05) is 0 Å². The first-order valence-electron chi connectivity index (χ1n) is 8.89. The number of carbonyl (C=O) groups is 4. The Balaban J connectivity index is 2.15. The van der Waals surface area contributed by atoms with Crippen LogP contribution in [-0.2, 0) is 25.6 Å². The van der Waals surface area contributed by atoms with Crippen LogP contribution >= 0.6 is 0 Å². The molecule has 0 aliphatic heterocycles. The lowest BCUT2D eigenvalue weighted by Crippen LogP contribution is -2.56. The molecule has 0 radical (unpaired) electrons. The molecule has 0 heterocycles. The highest BCUT2D eigenvalue weighted by atomic mass is 19.1. The highest BCUT2D eigenvalue weighted by Gasteiger charge is 2.34. The van der Waals surface area contributed by atoms with E-state index in [4.69, 9.17) is 5.73 Å². The summed E-state index contributed by atoms with van der Waals surface area (Å²) < 4.78 is 13.9. The molecule has 1 fully saturated rings. The molecule has 3 amide bonds. The Morgan fingerprint density at radius 2 is 1.96 bits per heavy atom. The molecule has 3 atom stereocenters. The summed E-state index contributed by atoms with van der Waals surface area (Å²) in [6, 6.07) is 3.84. The number of nitrogens with two attached hydrogens (primary N) is 1. The van der Waals surface area contributed by atoms with Crippen LogP contribution in [0.1, 0.15) is 38.2 Å². The Kier molecular flexibility index (Phi) is 7.04. The van der Waals surface area contributed by atoms with Gasteiger partial charge >= 0.3 is 0 Å². The zero-order valence-electron chi connectivity index (χ0n) is 15.2. The summed E-state index contributed by atoms with van der Waals surface area (Å²) in [4.78, 5) is 47.7. The molecule has 0 saturated heterocycles. The molecule has 0 aromatic heterocycles. The number of primary amides is 1. The van der Waals surface area contributed by atoms with Crippen molar-refractivity contribution in [2.45, 2.75) is 51.1 Å². The first-order chi connectivity index (χ1) is 12.8. The maximum atomic E-state index is 13.9. The van der Waals surface area contributed by atoms with Crippen LogP contribution in [0.25, 0.3) is 0 Å². The van der Waals surface area contributed by atoms with Crippen molar-refractivity contribution in [3.63, 3.8) is 0 Å². The van der Waals surface area contributed by atoms with Crippen LogP contribution in [0.3, 0.4) is 0 Å². The van der Waals surface area contributed by atoms with E-state index in [9.17, 15) is 23.6 Å². The number of benzene rings is 1. The van der Waals surface area contributed by atoms with E-state index in [0.29, 0.717) is 19.3 Å². The SMILES string of the molecule is CC(=O)N[C@H](Cc1ccccc1F)C(=O)N[C@H](C(N)=O)[C@@H]1CCCC(=O)C1. The normalized spacial score (nSPS) is 19.0. The van der Waals surface area contributed by atoms with Crippen LogP contribution in [0, 0.1) is 11.7 Å². The Morgan fingerprint density at radius 1 is 1.26 bits per heavy atom. The number of amides is 3. The van der Waals surface area contributed by atoms with Gasteiger partial charge < -0.3 is 16.4 Å². The second kappa shape index (κ2) is 9.25. The topological polar surface area (TPSA) is 118 Å². The van der Waals surface area contributed by atoms with Gasteiger partial charge in [-0.15, -0.1) is 0 Å². The van der Waals surface area contributed by atoms with Crippen LogP contribution in [-0.4, -0.2) is 35.6 Å². The predicted molar refractivity (Wildman–Crippen MR) is 95.8 cm³/mol. The quantitative estimate of drug-likeness (QED) is 0.645. The van der Waals surface area contributed by atoms with E-state index in [2.05, 4.69) is 10.6 Å². The second-order valence-electron chi connectivity index (χ2n) is 6.83. The molecule has 0 spiro atoms. The highest BCUT2D eigenvalue weighted by molar-refractivity contribution is 5.92. The molecule has 2 rings (SSSR count). The van der Waals surface area contributed by atoms with Crippen molar-refractivity contribution < 1.29 is 23.6 Å². The molecule has 146 valence electrons. The van der Waals surface area contributed by atoms with Crippen molar-refractivity contribution in [3.8, 4) is 0 Å². The summed E-state index contributed by atoms with van der Waals surface area (Å²) in [7, 11) is 0. The molecule has 27 heavy (non-hydrogen) atoms. The van der Waals surface area contributed by atoms with Crippen molar-refractivity contribution in [3.05, 3.63) is 35.6 Å². The van der Waals surface area contributed by atoms with Crippen LogP contribution in [0.4, 0.5) is 4.39 Å². The van der Waals surface area contributed by atoms with E-state index in [-0.39, 0.29) is 30.1 Å². The monoisotopic (exact) mass is 377 g/mol. The van der Waals surface area contributed by atoms with E-state index in [1.165, 1.54) is 25.1 Å². The zero-order valence-corrected chi connectivity index (χ0v) is 15.2. The molecule has 1 aliphatic carbocycles. The predicted octanol–water partition coefficient (Wildman–Crippen LogP) is 0.602. The van der Waals surface area contributed by atoms with Crippen LogP contribution in [0.2, 0.25) is 0 Å². The van der Waals surface area contributed by atoms with Gasteiger partial charge in [0, 0.05) is 26.2 Å². The molecule has 4 N–H and O–H groups in total. The Morgan fingerprint density at radius 3 is 2.56 bits per heavy atom. The minimum atomic E-state index is -1.07. The molecule has 1 aromatic rings. The summed E-state index contributed by atoms with van der Waals surface area (Å²) in [6.07, 6.45) is 1.78. The number of halogens is 1. The van der Waals surface area contributed by atoms with Crippen molar-refractivity contribution in [2.75, 3.05) is 0 Å². The first kappa shape index (κ1) is 20.5. The molecule has 0 unspecified atom stereocenters. The molecule has 1 saturated carbocycles. The third kappa shape index (κ3) is 5.87. The summed E-state index contributed by atoms with van der Waals surface area (Å²) >= 11 is 0. The number of hydrogen-bond donors (Lipinski definition) is 3. The molecule has 0 bridgehead atoms. The zero-order chi connectivity index (χ0) is 20.0. The molecule has 8 heteroatoms. The highest BCUT2D eigenvalue weighted by Crippen LogP contribution is 2.24. The van der Waals surface area contributed by atoms with E-state index in [0.717, 1.165) is 0 Å². The van der Waals surface area contributed by atoms with E-state index < -0.39 is 35.6 Å². The van der Waals surface area contributed by atoms with Gasteiger partial charge in [-0.05, 0) is 30.4 Å². The first-order valence-corrected chi connectivity index (χ1v) is 8.89. The van der Waals surface area contributed by atoms with Crippen LogP contribution in [0.15, 0.2) is 24.3 Å². The minimum absolute atomic E-state index is 0.0246. The van der Waals surface area contributed by atoms with Gasteiger partial charge in [-0.3, -0.25) is 19.2 Å².